The number of nitrogens with one attached hydrogen (secondary N) is 1. The quantitative estimate of drug-likeness (QED) is 0.928. The van der Waals surface area contributed by atoms with Gasteiger partial charge in [0.15, 0.2) is 0 Å². The van der Waals surface area contributed by atoms with E-state index in [0.717, 1.165) is 5.56 Å². The van der Waals surface area contributed by atoms with Crippen molar-refractivity contribution in [1.29, 1.82) is 0 Å². The molecule has 1 N–H and O–H groups in total. The molecule has 0 radical (unpaired) electrons. The predicted octanol–water partition coefficient (Wildman–Crippen LogP) is 2.72. The summed E-state index contributed by atoms with van der Waals surface area (Å²) < 4.78 is 0. The van der Waals surface area contributed by atoms with E-state index in [0.29, 0.717) is 25.8 Å². The summed E-state index contributed by atoms with van der Waals surface area (Å²) in [6.45, 7) is 6.44. The van der Waals surface area contributed by atoms with Crippen LogP contribution in [0.2, 0.25) is 0 Å². The molecule has 1 aromatic rings. The van der Waals surface area contributed by atoms with Crippen molar-refractivity contribution in [3.05, 3.63) is 22.4 Å². The maximum atomic E-state index is 12.9. The normalized spacial score (nSPS) is 20.4. The maximum absolute atomic E-state index is 12.9. The van der Waals surface area contributed by atoms with Crippen LogP contribution in [0.1, 0.15) is 51.6 Å². The minimum atomic E-state index is -0.738. The number of carbonyl (C=O) groups excluding carboxylic acids is 2. The van der Waals surface area contributed by atoms with Crippen LogP contribution < -0.4 is 5.32 Å². The number of carbonyl (C=O) groups is 2. The summed E-state index contributed by atoms with van der Waals surface area (Å²) in [6.07, 6.45) is 1.63. The average molecular weight is 294 g/mol. The van der Waals surface area contributed by atoms with Gasteiger partial charge in [0.2, 0.25) is 11.8 Å². The second-order valence-corrected chi connectivity index (χ2v) is 6.10. The number of hydrogen-bond acceptors (Lipinski definition) is 3. The van der Waals surface area contributed by atoms with Gasteiger partial charge in [-0.15, -0.1) is 0 Å². The highest BCUT2D eigenvalue weighted by Gasteiger charge is 2.43. The van der Waals surface area contributed by atoms with Crippen LogP contribution in [0.5, 0.6) is 0 Å². The molecule has 5 heteroatoms. The van der Waals surface area contributed by atoms with Crippen LogP contribution >= 0.6 is 11.3 Å². The Hall–Kier alpha value is -1.36. The van der Waals surface area contributed by atoms with Crippen LogP contribution in [-0.4, -0.2) is 28.8 Å². The second kappa shape index (κ2) is 5.95. The van der Waals surface area contributed by atoms with Crippen molar-refractivity contribution in [2.45, 2.75) is 51.6 Å². The largest absolute Gasteiger partial charge is 0.342 e. The number of amides is 2. The van der Waals surface area contributed by atoms with Gasteiger partial charge in [0.25, 0.3) is 0 Å². The molecule has 1 aromatic heterocycles. The molecule has 0 saturated carbocycles. The third-order valence-corrected chi connectivity index (χ3v) is 5.03. The third kappa shape index (κ3) is 2.59. The van der Waals surface area contributed by atoms with Crippen LogP contribution in [0.25, 0.3) is 0 Å². The summed E-state index contributed by atoms with van der Waals surface area (Å²) in [5.74, 6) is 0.0223. The van der Waals surface area contributed by atoms with Crippen molar-refractivity contribution >= 4 is 23.2 Å². The summed E-state index contributed by atoms with van der Waals surface area (Å²) in [5, 5.41) is 7.03. The van der Waals surface area contributed by atoms with Gasteiger partial charge in [-0.05, 0) is 42.2 Å². The second-order valence-electron chi connectivity index (χ2n) is 5.32. The first-order valence-electron chi connectivity index (χ1n) is 7.18. The Kier molecular flexibility index (Phi) is 4.48. The van der Waals surface area contributed by atoms with Crippen LogP contribution in [-0.2, 0) is 9.59 Å². The van der Waals surface area contributed by atoms with Crippen molar-refractivity contribution in [2.75, 3.05) is 6.54 Å². The fourth-order valence-corrected chi connectivity index (χ4v) is 3.52. The first-order chi connectivity index (χ1) is 9.54. The van der Waals surface area contributed by atoms with Crippen molar-refractivity contribution in [3.63, 3.8) is 0 Å². The van der Waals surface area contributed by atoms with Crippen LogP contribution in [0.15, 0.2) is 16.8 Å². The van der Waals surface area contributed by atoms with E-state index >= 15 is 0 Å². The van der Waals surface area contributed by atoms with Gasteiger partial charge in [-0.2, -0.15) is 11.3 Å². The SMILES string of the molecule is CCC1(CC)NC(=O)CCN(C(C)c2ccsc2)C1=O. The molecule has 1 aliphatic rings. The summed E-state index contributed by atoms with van der Waals surface area (Å²) in [5.41, 5.74) is 0.400. The summed E-state index contributed by atoms with van der Waals surface area (Å²) in [6, 6.07) is 2.06. The van der Waals surface area contributed by atoms with E-state index in [1.54, 1.807) is 11.3 Å². The topological polar surface area (TPSA) is 49.4 Å². The van der Waals surface area contributed by atoms with Crippen molar-refractivity contribution in [3.8, 4) is 0 Å². The lowest BCUT2D eigenvalue weighted by Crippen LogP contribution is -2.56. The zero-order valence-electron chi connectivity index (χ0n) is 12.3. The maximum Gasteiger partial charge on any atom is 0.248 e. The van der Waals surface area contributed by atoms with Crippen LogP contribution in [0.4, 0.5) is 0 Å². The number of rotatable bonds is 4. The highest BCUT2D eigenvalue weighted by atomic mass is 32.1. The van der Waals surface area contributed by atoms with Gasteiger partial charge < -0.3 is 10.2 Å². The average Bonchev–Trinajstić information content (AvgIpc) is 2.94. The number of nitrogens with zero attached hydrogens (tertiary/aromatic N) is 1. The number of hydrogen-bond donors (Lipinski definition) is 1. The smallest absolute Gasteiger partial charge is 0.248 e. The van der Waals surface area contributed by atoms with E-state index in [2.05, 4.69) is 10.7 Å². The summed E-state index contributed by atoms with van der Waals surface area (Å²) in [4.78, 5) is 26.7. The molecular weight excluding hydrogens is 272 g/mol. The van der Waals surface area contributed by atoms with E-state index in [1.807, 2.05) is 37.1 Å². The zero-order chi connectivity index (χ0) is 14.8. The Morgan fingerprint density at radius 1 is 1.40 bits per heavy atom. The molecule has 2 heterocycles. The Morgan fingerprint density at radius 2 is 2.10 bits per heavy atom. The van der Waals surface area contributed by atoms with Gasteiger partial charge in [0.05, 0.1) is 6.04 Å². The van der Waals surface area contributed by atoms with E-state index in [-0.39, 0.29) is 17.9 Å². The molecule has 1 unspecified atom stereocenters. The number of thiophene rings is 1. The van der Waals surface area contributed by atoms with Gasteiger partial charge in [0, 0.05) is 13.0 Å². The monoisotopic (exact) mass is 294 g/mol. The van der Waals surface area contributed by atoms with E-state index in [4.69, 9.17) is 0 Å². The van der Waals surface area contributed by atoms with Gasteiger partial charge in [-0.25, -0.2) is 0 Å². The Bertz CT molecular complexity index is 480. The molecule has 1 fully saturated rings. The lowest BCUT2D eigenvalue weighted by atomic mass is 9.90. The van der Waals surface area contributed by atoms with Crippen molar-refractivity contribution in [2.24, 2.45) is 0 Å². The molecule has 2 rings (SSSR count). The summed E-state index contributed by atoms with van der Waals surface area (Å²) >= 11 is 1.63. The zero-order valence-corrected chi connectivity index (χ0v) is 13.1. The molecule has 2 amide bonds. The highest BCUT2D eigenvalue weighted by Crippen LogP contribution is 2.29. The van der Waals surface area contributed by atoms with Crippen LogP contribution in [0, 0.1) is 0 Å². The Morgan fingerprint density at radius 3 is 2.65 bits per heavy atom. The molecule has 1 atom stereocenters. The molecule has 0 spiro atoms. The van der Waals surface area contributed by atoms with Gasteiger partial charge in [0.1, 0.15) is 5.54 Å². The van der Waals surface area contributed by atoms with Crippen LogP contribution in [0.3, 0.4) is 0 Å². The van der Waals surface area contributed by atoms with Crippen molar-refractivity contribution in [1.82, 2.24) is 10.2 Å². The fraction of sp³-hybridized carbons (Fsp3) is 0.600. The molecule has 1 saturated heterocycles. The molecule has 1 aliphatic heterocycles. The van der Waals surface area contributed by atoms with E-state index in [1.165, 1.54) is 0 Å². The predicted molar refractivity (Wildman–Crippen MR) is 80.5 cm³/mol. The molecular formula is C15H22N2O2S. The third-order valence-electron chi connectivity index (χ3n) is 4.33. The lowest BCUT2D eigenvalue weighted by molar-refractivity contribution is -0.141. The van der Waals surface area contributed by atoms with E-state index in [9.17, 15) is 9.59 Å². The Balaban J connectivity index is 2.32. The minimum absolute atomic E-state index is 0.0129. The Labute approximate surface area is 124 Å². The first kappa shape index (κ1) is 15.0. The van der Waals surface area contributed by atoms with E-state index < -0.39 is 5.54 Å². The minimum Gasteiger partial charge on any atom is -0.342 e. The standard InChI is InChI=1S/C15H22N2O2S/c1-4-15(5-2)14(19)17(8-6-13(18)16-15)11(3)12-7-9-20-10-12/h7,9-11H,4-6,8H2,1-3H3,(H,16,18). The molecule has 20 heavy (non-hydrogen) atoms. The summed E-state index contributed by atoms with van der Waals surface area (Å²) in [7, 11) is 0. The first-order valence-corrected chi connectivity index (χ1v) is 8.12. The molecule has 0 bridgehead atoms. The fourth-order valence-electron chi connectivity index (χ4n) is 2.77. The molecule has 0 aliphatic carbocycles. The highest BCUT2D eigenvalue weighted by molar-refractivity contribution is 7.07. The van der Waals surface area contributed by atoms with Gasteiger partial charge >= 0.3 is 0 Å². The van der Waals surface area contributed by atoms with Gasteiger partial charge in [-0.1, -0.05) is 13.8 Å². The molecule has 110 valence electrons. The molecule has 4 nitrogen and oxygen atoms in total. The lowest BCUT2D eigenvalue weighted by Gasteiger charge is -2.36. The van der Waals surface area contributed by atoms with Gasteiger partial charge in [-0.3, -0.25) is 9.59 Å². The molecule has 0 aromatic carbocycles. The van der Waals surface area contributed by atoms with Crippen molar-refractivity contribution < 1.29 is 9.59 Å².